The Hall–Kier alpha value is -0.950. The van der Waals surface area contributed by atoms with Crippen LogP contribution in [-0.4, -0.2) is 46.5 Å². The summed E-state index contributed by atoms with van der Waals surface area (Å²) in [5, 5.41) is 3.09. The van der Waals surface area contributed by atoms with Gasteiger partial charge in [0, 0.05) is 19.1 Å². The van der Waals surface area contributed by atoms with E-state index in [-0.39, 0.29) is 6.04 Å². The fourth-order valence-corrected chi connectivity index (χ4v) is 4.10. The Morgan fingerprint density at radius 2 is 2.10 bits per heavy atom. The smallest absolute Gasteiger partial charge is 0.240 e. The topological polar surface area (TPSA) is 61.4 Å². The Morgan fingerprint density at radius 1 is 1.33 bits per heavy atom. The Kier molecular flexibility index (Phi) is 5.37. The van der Waals surface area contributed by atoms with E-state index in [1.807, 2.05) is 20.2 Å². The molecule has 1 unspecified atom stereocenters. The van der Waals surface area contributed by atoms with E-state index in [2.05, 4.69) is 21.9 Å². The number of aryl methyl sites for hydroxylation is 1. The molecule has 6 heteroatoms. The first-order valence-electron chi connectivity index (χ1n) is 7.43. The van der Waals surface area contributed by atoms with E-state index in [0.29, 0.717) is 11.4 Å². The monoisotopic (exact) mass is 311 g/mol. The van der Waals surface area contributed by atoms with Gasteiger partial charge in [0.2, 0.25) is 10.0 Å². The van der Waals surface area contributed by atoms with Gasteiger partial charge in [0.15, 0.2) is 0 Å². The summed E-state index contributed by atoms with van der Waals surface area (Å²) < 4.78 is 27.8. The van der Waals surface area contributed by atoms with E-state index in [1.54, 1.807) is 12.1 Å². The van der Waals surface area contributed by atoms with Crippen LogP contribution in [0.3, 0.4) is 0 Å². The van der Waals surface area contributed by atoms with E-state index in [1.165, 1.54) is 5.56 Å². The molecule has 0 saturated carbocycles. The van der Waals surface area contributed by atoms with Crippen LogP contribution in [0.25, 0.3) is 0 Å². The van der Waals surface area contributed by atoms with Crippen molar-refractivity contribution in [2.75, 3.05) is 27.2 Å². The van der Waals surface area contributed by atoms with Crippen LogP contribution >= 0.6 is 0 Å². The summed E-state index contributed by atoms with van der Waals surface area (Å²) in [6.45, 7) is 4.47. The molecule has 0 radical (unpaired) electrons. The van der Waals surface area contributed by atoms with Crippen LogP contribution in [0.2, 0.25) is 0 Å². The molecule has 1 aliphatic heterocycles. The van der Waals surface area contributed by atoms with Gasteiger partial charge in [0.25, 0.3) is 0 Å². The highest BCUT2D eigenvalue weighted by atomic mass is 32.2. The third-order valence-corrected chi connectivity index (χ3v) is 5.47. The van der Waals surface area contributed by atoms with Gasteiger partial charge in [-0.3, -0.25) is 0 Å². The zero-order valence-electron chi connectivity index (χ0n) is 13.0. The molecule has 1 atom stereocenters. The van der Waals surface area contributed by atoms with Crippen molar-refractivity contribution in [3.05, 3.63) is 29.3 Å². The van der Waals surface area contributed by atoms with Crippen molar-refractivity contribution in [2.45, 2.75) is 37.2 Å². The lowest BCUT2D eigenvalue weighted by Gasteiger charge is -2.15. The van der Waals surface area contributed by atoms with Gasteiger partial charge in [0.05, 0.1) is 4.90 Å². The molecule has 1 aromatic rings. The molecule has 118 valence electrons. The average Bonchev–Trinajstić information content (AvgIpc) is 2.83. The van der Waals surface area contributed by atoms with Crippen LogP contribution in [-0.2, 0) is 23.0 Å². The van der Waals surface area contributed by atoms with Crippen molar-refractivity contribution in [2.24, 2.45) is 0 Å². The summed E-state index contributed by atoms with van der Waals surface area (Å²) in [4.78, 5) is 2.50. The highest BCUT2D eigenvalue weighted by Crippen LogP contribution is 2.18. The summed E-state index contributed by atoms with van der Waals surface area (Å²) in [6, 6.07) is 5.43. The van der Waals surface area contributed by atoms with Crippen LogP contribution in [0.1, 0.15) is 24.5 Å². The minimum Gasteiger partial charge on any atom is -0.316 e. The molecule has 0 bridgehead atoms. The molecule has 2 N–H and O–H groups in total. The Bertz CT molecular complexity index is 587. The van der Waals surface area contributed by atoms with Crippen molar-refractivity contribution in [3.8, 4) is 0 Å². The number of hydrogen-bond donors (Lipinski definition) is 2. The molecule has 1 aliphatic rings. The average molecular weight is 311 g/mol. The van der Waals surface area contributed by atoms with Gasteiger partial charge < -0.3 is 10.2 Å². The first-order valence-corrected chi connectivity index (χ1v) is 8.92. The maximum absolute atomic E-state index is 12.5. The van der Waals surface area contributed by atoms with Gasteiger partial charge in [-0.2, -0.15) is 0 Å². The lowest BCUT2D eigenvalue weighted by atomic mass is 10.1. The second-order valence-electron chi connectivity index (χ2n) is 5.68. The summed E-state index contributed by atoms with van der Waals surface area (Å²) in [7, 11) is 0.440. The molecule has 1 saturated heterocycles. The summed E-state index contributed by atoms with van der Waals surface area (Å²) in [5.41, 5.74) is 2.23. The van der Waals surface area contributed by atoms with Gasteiger partial charge in [-0.25, -0.2) is 13.1 Å². The summed E-state index contributed by atoms with van der Waals surface area (Å²) in [6.07, 6.45) is 1.77. The molecule has 0 amide bonds. The Labute approximate surface area is 127 Å². The first kappa shape index (κ1) is 16.4. The van der Waals surface area contributed by atoms with Crippen molar-refractivity contribution in [1.82, 2.24) is 14.9 Å². The molecule has 5 nitrogen and oxygen atoms in total. The third-order valence-electron chi connectivity index (χ3n) is 3.95. The number of nitrogens with zero attached hydrogens (tertiary/aromatic N) is 1. The molecule has 1 fully saturated rings. The Balaban J connectivity index is 2.21. The van der Waals surface area contributed by atoms with Crippen molar-refractivity contribution in [1.29, 1.82) is 0 Å². The quantitative estimate of drug-likeness (QED) is 0.821. The Morgan fingerprint density at radius 3 is 2.67 bits per heavy atom. The molecular formula is C15H25N3O2S. The van der Waals surface area contributed by atoms with Crippen LogP contribution in [0.5, 0.6) is 0 Å². The maximum atomic E-state index is 12.5. The van der Waals surface area contributed by atoms with Crippen LogP contribution in [0.4, 0.5) is 0 Å². The van der Waals surface area contributed by atoms with Gasteiger partial charge in [-0.05, 0) is 56.7 Å². The molecule has 1 heterocycles. The van der Waals surface area contributed by atoms with E-state index in [9.17, 15) is 8.42 Å². The lowest BCUT2D eigenvalue weighted by Crippen LogP contribution is -2.36. The fraction of sp³-hybridized carbons (Fsp3) is 0.600. The lowest BCUT2D eigenvalue weighted by molar-refractivity contribution is 0.407. The zero-order valence-corrected chi connectivity index (χ0v) is 13.8. The van der Waals surface area contributed by atoms with E-state index in [4.69, 9.17) is 0 Å². The molecule has 0 aromatic heterocycles. The summed E-state index contributed by atoms with van der Waals surface area (Å²) >= 11 is 0. The predicted octanol–water partition coefficient (Wildman–Crippen LogP) is 0.951. The number of nitrogens with one attached hydrogen (secondary N) is 2. The minimum absolute atomic E-state index is 0.0126. The number of hydrogen-bond acceptors (Lipinski definition) is 4. The van der Waals surface area contributed by atoms with Crippen LogP contribution in [0, 0.1) is 0 Å². The number of likely N-dealkylation sites (N-methyl/N-ethyl adjacent to an activating group) is 1. The first-order chi connectivity index (χ1) is 9.96. The van der Waals surface area contributed by atoms with E-state index in [0.717, 1.165) is 31.5 Å². The normalized spacial score (nSPS) is 20.0. The zero-order chi connectivity index (χ0) is 15.5. The van der Waals surface area contributed by atoms with Gasteiger partial charge in [-0.1, -0.05) is 13.0 Å². The molecular weight excluding hydrogens is 286 g/mol. The third kappa shape index (κ3) is 4.03. The predicted molar refractivity (Wildman–Crippen MR) is 84.8 cm³/mol. The SMILES string of the molecule is CCc1ccc(S(=O)(=O)NC2CCN(C)C2)cc1CNC. The van der Waals surface area contributed by atoms with Gasteiger partial charge in [0.1, 0.15) is 0 Å². The summed E-state index contributed by atoms with van der Waals surface area (Å²) in [5.74, 6) is 0. The largest absolute Gasteiger partial charge is 0.316 e. The number of likely N-dealkylation sites (tertiary alicyclic amines) is 1. The van der Waals surface area contributed by atoms with E-state index < -0.39 is 10.0 Å². The highest BCUT2D eigenvalue weighted by Gasteiger charge is 2.25. The number of benzene rings is 1. The van der Waals surface area contributed by atoms with Crippen LogP contribution in [0.15, 0.2) is 23.1 Å². The van der Waals surface area contributed by atoms with Crippen LogP contribution < -0.4 is 10.0 Å². The van der Waals surface area contributed by atoms with Gasteiger partial charge >= 0.3 is 0 Å². The molecule has 0 spiro atoms. The van der Waals surface area contributed by atoms with Crippen molar-refractivity contribution in [3.63, 3.8) is 0 Å². The van der Waals surface area contributed by atoms with Crippen molar-refractivity contribution >= 4 is 10.0 Å². The highest BCUT2D eigenvalue weighted by molar-refractivity contribution is 7.89. The standard InChI is InChI=1S/C15H25N3O2S/c1-4-12-5-6-15(9-13(12)10-16-2)21(19,20)17-14-7-8-18(3)11-14/h5-6,9,14,16-17H,4,7-8,10-11H2,1-3H3. The molecule has 2 rings (SSSR count). The number of sulfonamides is 1. The second kappa shape index (κ2) is 6.87. The van der Waals surface area contributed by atoms with E-state index >= 15 is 0 Å². The molecule has 1 aromatic carbocycles. The fourth-order valence-electron chi connectivity index (χ4n) is 2.79. The van der Waals surface area contributed by atoms with Gasteiger partial charge in [-0.15, -0.1) is 0 Å². The second-order valence-corrected chi connectivity index (χ2v) is 7.40. The minimum atomic E-state index is -3.44. The molecule has 0 aliphatic carbocycles. The molecule has 21 heavy (non-hydrogen) atoms. The maximum Gasteiger partial charge on any atom is 0.240 e. The van der Waals surface area contributed by atoms with Crippen molar-refractivity contribution < 1.29 is 8.42 Å². The number of rotatable bonds is 6.